The Morgan fingerprint density at radius 1 is 1.09 bits per heavy atom. The van der Waals surface area contributed by atoms with Gasteiger partial charge in [-0.25, -0.2) is 9.37 Å². The number of hydrogen-bond donors (Lipinski definition) is 3. The summed E-state index contributed by atoms with van der Waals surface area (Å²) in [5.74, 6) is 0.814. The molecule has 0 bridgehead atoms. The zero-order chi connectivity index (χ0) is 22.9. The Labute approximate surface area is 186 Å². The number of halogens is 1. The van der Waals surface area contributed by atoms with Gasteiger partial charge >= 0.3 is 0 Å². The number of anilines is 2. The molecule has 32 heavy (non-hydrogen) atoms. The number of aromatic nitrogens is 2. The minimum absolute atomic E-state index is 0.248. The summed E-state index contributed by atoms with van der Waals surface area (Å²) in [7, 11) is 0. The first-order valence-corrected chi connectivity index (χ1v) is 10.5. The van der Waals surface area contributed by atoms with Crippen LogP contribution in [0, 0.1) is 18.2 Å². The molecule has 1 amide bonds. The van der Waals surface area contributed by atoms with Crippen LogP contribution in [0.25, 0.3) is 11.3 Å². The molecule has 7 nitrogen and oxygen atoms in total. The van der Waals surface area contributed by atoms with Crippen molar-refractivity contribution in [2.24, 2.45) is 5.41 Å². The number of aliphatic hydroxyl groups is 2. The molecule has 0 radical (unpaired) electrons. The van der Waals surface area contributed by atoms with Crippen LogP contribution >= 0.6 is 0 Å². The predicted molar refractivity (Wildman–Crippen MR) is 120 cm³/mol. The molecular formula is C24H27FN4O3. The van der Waals surface area contributed by atoms with E-state index in [0.29, 0.717) is 24.6 Å². The van der Waals surface area contributed by atoms with E-state index in [1.54, 1.807) is 24.0 Å². The third-order valence-corrected chi connectivity index (χ3v) is 5.91. The van der Waals surface area contributed by atoms with Gasteiger partial charge in [-0.15, -0.1) is 0 Å². The molecule has 4 rings (SSSR count). The molecule has 0 spiro atoms. The summed E-state index contributed by atoms with van der Waals surface area (Å²) in [4.78, 5) is 19.3. The van der Waals surface area contributed by atoms with E-state index in [-0.39, 0.29) is 18.3 Å². The second-order valence-electron chi connectivity index (χ2n) is 8.48. The minimum Gasteiger partial charge on any atom is -0.395 e. The zero-order valence-electron chi connectivity index (χ0n) is 18.2. The van der Waals surface area contributed by atoms with Crippen LogP contribution in [0.15, 0.2) is 48.5 Å². The van der Waals surface area contributed by atoms with Crippen LogP contribution in [0.3, 0.4) is 0 Å². The van der Waals surface area contributed by atoms with Gasteiger partial charge in [0, 0.05) is 24.3 Å². The fourth-order valence-electron chi connectivity index (χ4n) is 3.78. The molecule has 1 aliphatic rings. The molecule has 3 N–H and O–H groups in total. The van der Waals surface area contributed by atoms with Crippen molar-refractivity contribution in [2.45, 2.75) is 26.9 Å². The van der Waals surface area contributed by atoms with Crippen molar-refractivity contribution in [1.82, 2.24) is 14.5 Å². The highest BCUT2D eigenvalue weighted by Crippen LogP contribution is 2.34. The lowest BCUT2D eigenvalue weighted by Gasteiger charge is -2.34. The van der Waals surface area contributed by atoms with E-state index in [0.717, 1.165) is 22.6 Å². The number of nitrogens with zero attached hydrogens (tertiary/aromatic N) is 3. The summed E-state index contributed by atoms with van der Waals surface area (Å²) in [5.41, 5.74) is 2.23. The van der Waals surface area contributed by atoms with E-state index >= 15 is 0 Å². The Balaban J connectivity index is 1.72. The molecule has 2 aromatic carbocycles. The highest BCUT2D eigenvalue weighted by atomic mass is 19.1. The van der Waals surface area contributed by atoms with E-state index in [1.165, 1.54) is 12.1 Å². The normalized spacial score (nSPS) is 13.7. The lowest BCUT2D eigenvalue weighted by atomic mass is 9.91. The van der Waals surface area contributed by atoms with E-state index in [9.17, 15) is 19.4 Å². The maximum atomic E-state index is 13.5. The summed E-state index contributed by atoms with van der Waals surface area (Å²) in [6.07, 6.45) is 0. The van der Waals surface area contributed by atoms with Crippen molar-refractivity contribution >= 4 is 17.4 Å². The highest BCUT2D eigenvalue weighted by molar-refractivity contribution is 5.83. The Morgan fingerprint density at radius 2 is 1.75 bits per heavy atom. The predicted octanol–water partition coefficient (Wildman–Crippen LogP) is 3.07. The zero-order valence-corrected chi connectivity index (χ0v) is 18.2. The number of fused-ring (bicyclic) bond motifs is 1. The quantitative estimate of drug-likeness (QED) is 0.550. The Morgan fingerprint density at radius 3 is 2.38 bits per heavy atom. The van der Waals surface area contributed by atoms with Crippen LogP contribution in [0.5, 0.6) is 0 Å². The van der Waals surface area contributed by atoms with E-state index in [4.69, 9.17) is 4.98 Å². The number of benzene rings is 2. The van der Waals surface area contributed by atoms with Gasteiger partial charge in [-0.1, -0.05) is 17.7 Å². The number of imidazole rings is 1. The van der Waals surface area contributed by atoms with Crippen LogP contribution < -0.4 is 5.32 Å². The van der Waals surface area contributed by atoms with Crippen molar-refractivity contribution in [1.29, 1.82) is 0 Å². The van der Waals surface area contributed by atoms with Gasteiger partial charge in [0.15, 0.2) is 0 Å². The molecule has 8 heteroatoms. The largest absolute Gasteiger partial charge is 0.395 e. The molecule has 168 valence electrons. The lowest BCUT2D eigenvalue weighted by molar-refractivity contribution is -0.147. The SMILES string of the molecule is Cc1ccc(Nc2c(-c3ccc(F)cc3)nc3n2CCN(C(=O)C(C)(CO)CO)C3)cc1. The summed E-state index contributed by atoms with van der Waals surface area (Å²) >= 11 is 0. The fraction of sp³-hybridized carbons (Fsp3) is 0.333. The van der Waals surface area contributed by atoms with Gasteiger partial charge < -0.3 is 25.0 Å². The number of nitrogens with one attached hydrogen (secondary N) is 1. The first-order chi connectivity index (χ1) is 15.3. The van der Waals surface area contributed by atoms with Crippen molar-refractivity contribution in [3.8, 4) is 11.3 Å². The number of carbonyl (C=O) groups is 1. The molecule has 3 aromatic rings. The number of aliphatic hydroxyl groups excluding tert-OH is 2. The first-order valence-electron chi connectivity index (χ1n) is 10.5. The van der Waals surface area contributed by atoms with Crippen LogP contribution in [-0.2, 0) is 17.9 Å². The highest BCUT2D eigenvalue weighted by Gasteiger charge is 2.38. The van der Waals surface area contributed by atoms with Crippen LogP contribution in [0.2, 0.25) is 0 Å². The molecule has 1 aliphatic heterocycles. The second-order valence-corrected chi connectivity index (χ2v) is 8.48. The smallest absolute Gasteiger partial charge is 0.233 e. The van der Waals surface area contributed by atoms with Crippen LogP contribution in [0.1, 0.15) is 18.3 Å². The topological polar surface area (TPSA) is 90.6 Å². The molecule has 0 aliphatic carbocycles. The summed E-state index contributed by atoms with van der Waals surface area (Å²) in [5, 5.41) is 22.7. The summed E-state index contributed by atoms with van der Waals surface area (Å²) in [6.45, 7) is 3.86. The molecular weight excluding hydrogens is 411 g/mol. The first kappa shape index (κ1) is 22.0. The average molecular weight is 439 g/mol. The molecule has 0 fully saturated rings. The third kappa shape index (κ3) is 4.11. The summed E-state index contributed by atoms with van der Waals surface area (Å²) in [6, 6.07) is 14.1. The Bertz CT molecular complexity index is 1110. The van der Waals surface area contributed by atoms with Gasteiger partial charge in [0.05, 0.1) is 25.2 Å². The maximum absolute atomic E-state index is 13.5. The van der Waals surface area contributed by atoms with Crippen LogP contribution in [0.4, 0.5) is 15.9 Å². The lowest BCUT2D eigenvalue weighted by Crippen LogP contribution is -2.49. The van der Waals surface area contributed by atoms with Gasteiger partial charge in [-0.05, 0) is 50.2 Å². The van der Waals surface area contributed by atoms with Crippen molar-refractivity contribution in [3.05, 3.63) is 65.7 Å². The Kier molecular flexibility index (Phi) is 5.99. The second kappa shape index (κ2) is 8.72. The van der Waals surface area contributed by atoms with Crippen molar-refractivity contribution in [2.75, 3.05) is 25.1 Å². The molecule has 0 saturated heterocycles. The van der Waals surface area contributed by atoms with Gasteiger partial charge in [0.25, 0.3) is 0 Å². The number of rotatable bonds is 6. The number of carbonyl (C=O) groups excluding carboxylic acids is 1. The minimum atomic E-state index is -1.24. The van der Waals surface area contributed by atoms with Crippen LogP contribution in [-0.4, -0.2) is 50.3 Å². The number of aryl methyl sites for hydroxylation is 1. The molecule has 1 aromatic heterocycles. The van der Waals surface area contributed by atoms with Crippen molar-refractivity contribution < 1.29 is 19.4 Å². The maximum Gasteiger partial charge on any atom is 0.233 e. The van der Waals surface area contributed by atoms with Gasteiger partial charge in [0.1, 0.15) is 23.2 Å². The standard InChI is InChI=1S/C24H27FN4O3/c1-16-3-9-19(10-4-16)26-22-21(17-5-7-18(25)8-6-17)27-20-13-28(11-12-29(20)22)23(32)24(2,14-30)15-31/h3-10,26,30-31H,11-15H2,1-2H3. The molecule has 0 saturated carbocycles. The monoisotopic (exact) mass is 438 g/mol. The third-order valence-electron chi connectivity index (χ3n) is 5.91. The molecule has 2 heterocycles. The average Bonchev–Trinajstić information content (AvgIpc) is 3.17. The fourth-order valence-corrected chi connectivity index (χ4v) is 3.78. The summed E-state index contributed by atoms with van der Waals surface area (Å²) < 4.78 is 15.5. The van der Waals surface area contributed by atoms with E-state index in [2.05, 4.69) is 5.32 Å². The Hall–Kier alpha value is -3.23. The van der Waals surface area contributed by atoms with E-state index in [1.807, 2.05) is 35.8 Å². The molecule has 0 atom stereocenters. The van der Waals surface area contributed by atoms with Gasteiger partial charge in [-0.2, -0.15) is 0 Å². The van der Waals surface area contributed by atoms with E-state index < -0.39 is 18.6 Å². The van der Waals surface area contributed by atoms with Crippen molar-refractivity contribution in [3.63, 3.8) is 0 Å². The molecule has 0 unspecified atom stereocenters. The van der Waals surface area contributed by atoms with Gasteiger partial charge in [0.2, 0.25) is 5.91 Å². The number of hydrogen-bond acceptors (Lipinski definition) is 5. The van der Waals surface area contributed by atoms with Gasteiger partial charge in [-0.3, -0.25) is 4.79 Å². The number of amides is 1.